The summed E-state index contributed by atoms with van der Waals surface area (Å²) in [5, 5.41) is 2.21. The first kappa shape index (κ1) is 15.9. The van der Waals surface area contributed by atoms with Crippen LogP contribution in [0, 0.1) is 0 Å². The van der Waals surface area contributed by atoms with Crippen molar-refractivity contribution in [1.29, 1.82) is 0 Å². The molecule has 4 heteroatoms. The molecular weight excluding hydrogens is 314 g/mol. The second-order valence-corrected chi connectivity index (χ2v) is 6.46. The van der Waals surface area contributed by atoms with Gasteiger partial charge in [-0.3, -0.25) is 4.79 Å². The molecule has 0 bridgehead atoms. The summed E-state index contributed by atoms with van der Waals surface area (Å²) in [6, 6.07) is 17.7. The van der Waals surface area contributed by atoms with Crippen molar-refractivity contribution in [2.24, 2.45) is 0 Å². The fourth-order valence-electron chi connectivity index (χ4n) is 3.35. The van der Waals surface area contributed by atoms with Crippen LogP contribution in [0.1, 0.15) is 29.0 Å². The Morgan fingerprint density at radius 2 is 1.96 bits per heavy atom. The molecule has 4 rings (SSSR count). The molecule has 0 radical (unpaired) electrons. The van der Waals surface area contributed by atoms with Gasteiger partial charge < -0.3 is 14.1 Å². The van der Waals surface area contributed by atoms with Gasteiger partial charge in [-0.25, -0.2) is 0 Å². The van der Waals surface area contributed by atoms with Crippen molar-refractivity contribution in [2.45, 2.75) is 25.5 Å². The predicted molar refractivity (Wildman–Crippen MR) is 96.4 cm³/mol. The van der Waals surface area contributed by atoms with E-state index in [0.29, 0.717) is 18.7 Å². The summed E-state index contributed by atoms with van der Waals surface area (Å²) in [5.41, 5.74) is 0.697. The van der Waals surface area contributed by atoms with Crippen LogP contribution >= 0.6 is 0 Å². The Kier molecular flexibility index (Phi) is 4.53. The number of furan rings is 1. The lowest BCUT2D eigenvalue weighted by atomic mass is 10.1. The standard InChI is InChI=1S/C21H21NO3/c23-21(18-10-9-16-5-1-2-6-17(16)13-18)22(14-19-7-3-11-24-19)15-20-8-4-12-25-20/h1-3,5-7,9-11,13,20H,4,8,12,14-15H2. The molecule has 1 saturated heterocycles. The smallest absolute Gasteiger partial charge is 0.254 e. The molecule has 2 aromatic carbocycles. The predicted octanol–water partition coefficient (Wildman–Crippen LogP) is 4.25. The molecule has 1 aromatic heterocycles. The zero-order chi connectivity index (χ0) is 17.1. The van der Waals surface area contributed by atoms with Crippen LogP contribution in [0.15, 0.2) is 65.3 Å². The highest BCUT2D eigenvalue weighted by molar-refractivity contribution is 5.98. The Balaban J connectivity index is 1.60. The third kappa shape index (κ3) is 3.59. The lowest BCUT2D eigenvalue weighted by molar-refractivity contribution is 0.0491. The lowest BCUT2D eigenvalue weighted by Gasteiger charge is -2.25. The van der Waals surface area contributed by atoms with Crippen molar-refractivity contribution in [3.8, 4) is 0 Å². The van der Waals surface area contributed by atoms with Crippen molar-refractivity contribution in [3.05, 3.63) is 72.2 Å². The zero-order valence-electron chi connectivity index (χ0n) is 14.1. The average molecular weight is 335 g/mol. The molecule has 0 N–H and O–H groups in total. The monoisotopic (exact) mass is 335 g/mol. The summed E-state index contributed by atoms with van der Waals surface area (Å²) in [6.07, 6.45) is 3.81. The first-order chi connectivity index (χ1) is 12.3. The number of carbonyl (C=O) groups is 1. The lowest BCUT2D eigenvalue weighted by Crippen LogP contribution is -2.36. The average Bonchev–Trinajstić information content (AvgIpc) is 3.34. The topological polar surface area (TPSA) is 42.7 Å². The number of carbonyl (C=O) groups excluding carboxylic acids is 1. The van der Waals surface area contributed by atoms with Crippen LogP contribution in [0.3, 0.4) is 0 Å². The van der Waals surface area contributed by atoms with Crippen LogP contribution in [0.25, 0.3) is 10.8 Å². The summed E-state index contributed by atoms with van der Waals surface area (Å²) >= 11 is 0. The van der Waals surface area contributed by atoms with Crippen LogP contribution in [0.5, 0.6) is 0 Å². The van der Waals surface area contributed by atoms with E-state index in [4.69, 9.17) is 9.15 Å². The molecule has 1 amide bonds. The molecule has 4 nitrogen and oxygen atoms in total. The minimum Gasteiger partial charge on any atom is -0.467 e. The van der Waals surface area contributed by atoms with Gasteiger partial charge in [0.2, 0.25) is 0 Å². The summed E-state index contributed by atoms with van der Waals surface area (Å²) in [5.74, 6) is 0.796. The van der Waals surface area contributed by atoms with E-state index in [2.05, 4.69) is 6.07 Å². The molecule has 1 fully saturated rings. The second-order valence-electron chi connectivity index (χ2n) is 6.46. The number of benzene rings is 2. The molecule has 1 aliphatic rings. The van der Waals surface area contributed by atoms with Crippen LogP contribution in [0.2, 0.25) is 0 Å². The normalized spacial score (nSPS) is 17.0. The van der Waals surface area contributed by atoms with E-state index in [-0.39, 0.29) is 12.0 Å². The summed E-state index contributed by atoms with van der Waals surface area (Å²) in [4.78, 5) is 15.0. The van der Waals surface area contributed by atoms with Gasteiger partial charge in [0.1, 0.15) is 5.76 Å². The van der Waals surface area contributed by atoms with Crippen LogP contribution in [-0.4, -0.2) is 30.1 Å². The SMILES string of the molecule is O=C(c1ccc2ccccc2c1)N(Cc1ccco1)CC1CCCO1. The van der Waals surface area contributed by atoms with E-state index in [1.54, 1.807) is 6.26 Å². The highest BCUT2D eigenvalue weighted by Gasteiger charge is 2.24. The van der Waals surface area contributed by atoms with Crippen molar-refractivity contribution in [1.82, 2.24) is 4.90 Å². The number of ether oxygens (including phenoxy) is 1. The number of nitrogens with zero attached hydrogens (tertiary/aromatic N) is 1. The van der Waals surface area contributed by atoms with Gasteiger partial charge in [0.05, 0.1) is 18.9 Å². The molecule has 2 heterocycles. The zero-order valence-corrected chi connectivity index (χ0v) is 14.1. The van der Waals surface area contributed by atoms with Crippen molar-refractivity contribution < 1.29 is 13.9 Å². The molecule has 3 aromatic rings. The Morgan fingerprint density at radius 3 is 2.72 bits per heavy atom. The second kappa shape index (κ2) is 7.11. The van der Waals surface area contributed by atoms with Crippen LogP contribution in [-0.2, 0) is 11.3 Å². The Labute approximate surface area is 147 Å². The van der Waals surface area contributed by atoms with Gasteiger partial charge in [0.15, 0.2) is 0 Å². The first-order valence-corrected chi connectivity index (χ1v) is 8.72. The fourth-order valence-corrected chi connectivity index (χ4v) is 3.35. The Bertz CT molecular complexity index is 850. The van der Waals surface area contributed by atoms with Gasteiger partial charge in [-0.1, -0.05) is 30.3 Å². The van der Waals surface area contributed by atoms with E-state index >= 15 is 0 Å². The molecule has 0 aliphatic carbocycles. The first-order valence-electron chi connectivity index (χ1n) is 8.72. The number of fused-ring (bicyclic) bond motifs is 1. The molecule has 128 valence electrons. The minimum absolute atomic E-state index is 0.0117. The fraction of sp³-hybridized carbons (Fsp3) is 0.286. The molecular formula is C21H21NO3. The summed E-state index contributed by atoms with van der Waals surface area (Å²) < 4.78 is 11.2. The molecule has 25 heavy (non-hydrogen) atoms. The third-order valence-corrected chi connectivity index (χ3v) is 4.66. The van der Waals surface area contributed by atoms with E-state index in [9.17, 15) is 4.79 Å². The van der Waals surface area contributed by atoms with E-state index in [1.807, 2.05) is 53.4 Å². The third-order valence-electron chi connectivity index (χ3n) is 4.66. The molecule has 0 spiro atoms. The molecule has 0 saturated carbocycles. The minimum atomic E-state index is 0.0117. The molecule has 1 atom stereocenters. The van der Waals surface area contributed by atoms with Crippen molar-refractivity contribution in [2.75, 3.05) is 13.2 Å². The van der Waals surface area contributed by atoms with Gasteiger partial charge >= 0.3 is 0 Å². The largest absolute Gasteiger partial charge is 0.467 e. The quantitative estimate of drug-likeness (QED) is 0.700. The maximum absolute atomic E-state index is 13.1. The van der Waals surface area contributed by atoms with Crippen LogP contribution in [0.4, 0.5) is 0 Å². The molecule has 1 aliphatic heterocycles. The maximum Gasteiger partial charge on any atom is 0.254 e. The maximum atomic E-state index is 13.1. The van der Waals surface area contributed by atoms with Gasteiger partial charge in [-0.2, -0.15) is 0 Å². The van der Waals surface area contributed by atoms with Gasteiger partial charge in [0.25, 0.3) is 5.91 Å². The van der Waals surface area contributed by atoms with Gasteiger partial charge in [0, 0.05) is 18.7 Å². The number of hydrogen-bond donors (Lipinski definition) is 0. The van der Waals surface area contributed by atoms with Crippen LogP contribution < -0.4 is 0 Å². The number of hydrogen-bond acceptors (Lipinski definition) is 3. The summed E-state index contributed by atoms with van der Waals surface area (Å²) in [6.45, 7) is 1.83. The van der Waals surface area contributed by atoms with Crippen molar-refractivity contribution >= 4 is 16.7 Å². The van der Waals surface area contributed by atoms with E-state index in [1.165, 1.54) is 0 Å². The Morgan fingerprint density at radius 1 is 1.08 bits per heavy atom. The number of rotatable bonds is 5. The van der Waals surface area contributed by atoms with E-state index in [0.717, 1.165) is 36.0 Å². The highest BCUT2D eigenvalue weighted by Crippen LogP contribution is 2.20. The van der Waals surface area contributed by atoms with E-state index < -0.39 is 0 Å². The van der Waals surface area contributed by atoms with Gasteiger partial charge in [-0.05, 0) is 47.9 Å². The highest BCUT2D eigenvalue weighted by atomic mass is 16.5. The molecule has 1 unspecified atom stereocenters. The Hall–Kier alpha value is -2.59. The number of amides is 1. The summed E-state index contributed by atoms with van der Waals surface area (Å²) in [7, 11) is 0. The van der Waals surface area contributed by atoms with Crippen molar-refractivity contribution in [3.63, 3.8) is 0 Å². The van der Waals surface area contributed by atoms with Gasteiger partial charge in [-0.15, -0.1) is 0 Å².